The Hall–Kier alpha value is -1.25. The summed E-state index contributed by atoms with van der Waals surface area (Å²) in [7, 11) is 0. The molecule has 0 saturated carbocycles. The van der Waals surface area contributed by atoms with E-state index in [0.717, 1.165) is 37.3 Å². The largest absolute Gasteiger partial charge is 0.469 e. The lowest BCUT2D eigenvalue weighted by Gasteiger charge is -2.14. The maximum atomic E-state index is 11.7. The van der Waals surface area contributed by atoms with Crippen molar-refractivity contribution in [3.05, 3.63) is 23.7 Å². The molecule has 2 rings (SSSR count). The molecule has 0 bridgehead atoms. The van der Waals surface area contributed by atoms with Gasteiger partial charge in [-0.05, 0) is 31.4 Å². The first-order chi connectivity index (χ1) is 6.77. The molecule has 0 unspecified atom stereocenters. The van der Waals surface area contributed by atoms with Crippen molar-refractivity contribution in [1.29, 1.82) is 0 Å². The first kappa shape index (κ1) is 9.31. The minimum absolute atomic E-state index is 0.195. The minimum Gasteiger partial charge on any atom is -0.469 e. The Balaban J connectivity index is 1.97. The third-order valence-corrected chi connectivity index (χ3v) is 2.74. The Labute approximate surface area is 83.7 Å². The molecule has 2 heterocycles. The number of likely N-dealkylation sites (tertiary alicyclic amines) is 1. The zero-order chi connectivity index (χ0) is 9.97. The van der Waals surface area contributed by atoms with Crippen LogP contribution in [0.3, 0.4) is 0 Å². The fourth-order valence-corrected chi connectivity index (χ4v) is 1.80. The summed E-state index contributed by atoms with van der Waals surface area (Å²) in [4.78, 5) is 13.6. The fourth-order valence-electron chi connectivity index (χ4n) is 1.80. The summed E-state index contributed by atoms with van der Waals surface area (Å²) >= 11 is 0. The van der Waals surface area contributed by atoms with Gasteiger partial charge in [0.25, 0.3) is 0 Å². The highest BCUT2D eigenvalue weighted by Gasteiger charge is 2.19. The molecule has 76 valence electrons. The summed E-state index contributed by atoms with van der Waals surface area (Å²) in [5.41, 5.74) is 1.07. The van der Waals surface area contributed by atoms with Gasteiger partial charge in [0.2, 0.25) is 5.91 Å². The Morgan fingerprint density at radius 3 is 2.79 bits per heavy atom. The molecular weight excluding hydrogens is 178 g/mol. The van der Waals surface area contributed by atoms with E-state index in [9.17, 15) is 4.79 Å². The molecule has 0 spiro atoms. The standard InChI is InChI=1S/C11H15NO2/c1-9-4-7-14-10(9)8-11(13)12-5-2-3-6-12/h4,7H,2-3,5-6,8H2,1H3. The Morgan fingerprint density at radius 2 is 2.21 bits per heavy atom. The van der Waals surface area contributed by atoms with E-state index >= 15 is 0 Å². The number of furan rings is 1. The van der Waals surface area contributed by atoms with Gasteiger partial charge in [-0.2, -0.15) is 0 Å². The summed E-state index contributed by atoms with van der Waals surface area (Å²) in [5, 5.41) is 0. The number of carbonyl (C=O) groups is 1. The quantitative estimate of drug-likeness (QED) is 0.717. The van der Waals surface area contributed by atoms with Gasteiger partial charge in [-0.15, -0.1) is 0 Å². The lowest BCUT2D eigenvalue weighted by molar-refractivity contribution is -0.129. The van der Waals surface area contributed by atoms with Crippen LogP contribution in [0.4, 0.5) is 0 Å². The zero-order valence-electron chi connectivity index (χ0n) is 8.45. The van der Waals surface area contributed by atoms with E-state index in [-0.39, 0.29) is 5.91 Å². The molecule has 1 fully saturated rings. The maximum absolute atomic E-state index is 11.7. The lowest BCUT2D eigenvalue weighted by atomic mass is 10.2. The highest BCUT2D eigenvalue weighted by molar-refractivity contribution is 5.78. The van der Waals surface area contributed by atoms with Crippen molar-refractivity contribution >= 4 is 5.91 Å². The molecule has 0 aromatic carbocycles. The van der Waals surface area contributed by atoms with Crippen molar-refractivity contribution in [2.75, 3.05) is 13.1 Å². The smallest absolute Gasteiger partial charge is 0.230 e. The van der Waals surface area contributed by atoms with Crippen molar-refractivity contribution in [2.24, 2.45) is 0 Å². The van der Waals surface area contributed by atoms with E-state index < -0.39 is 0 Å². The number of hydrogen-bond donors (Lipinski definition) is 0. The van der Waals surface area contributed by atoms with Gasteiger partial charge in [0.1, 0.15) is 5.76 Å². The van der Waals surface area contributed by atoms with Crippen molar-refractivity contribution < 1.29 is 9.21 Å². The van der Waals surface area contributed by atoms with Gasteiger partial charge in [0, 0.05) is 13.1 Å². The minimum atomic E-state index is 0.195. The SMILES string of the molecule is Cc1ccoc1CC(=O)N1CCCC1. The van der Waals surface area contributed by atoms with Crippen molar-refractivity contribution in [3.63, 3.8) is 0 Å². The van der Waals surface area contributed by atoms with Crippen LogP contribution in [0.2, 0.25) is 0 Å². The maximum Gasteiger partial charge on any atom is 0.230 e. The third kappa shape index (κ3) is 1.81. The molecule has 0 radical (unpaired) electrons. The van der Waals surface area contributed by atoms with Crippen LogP contribution >= 0.6 is 0 Å². The van der Waals surface area contributed by atoms with Gasteiger partial charge < -0.3 is 9.32 Å². The average Bonchev–Trinajstić information content (AvgIpc) is 2.77. The first-order valence-corrected chi connectivity index (χ1v) is 5.08. The van der Waals surface area contributed by atoms with E-state index in [0.29, 0.717) is 6.42 Å². The van der Waals surface area contributed by atoms with E-state index in [4.69, 9.17) is 4.42 Å². The highest BCUT2D eigenvalue weighted by atomic mass is 16.3. The summed E-state index contributed by atoms with van der Waals surface area (Å²) in [6.45, 7) is 3.80. The normalized spacial score (nSPS) is 16.2. The number of carbonyl (C=O) groups excluding carboxylic acids is 1. The molecule has 0 atom stereocenters. The van der Waals surface area contributed by atoms with E-state index in [2.05, 4.69) is 0 Å². The number of rotatable bonds is 2. The van der Waals surface area contributed by atoms with Crippen LogP contribution in [0, 0.1) is 6.92 Å². The summed E-state index contributed by atoms with van der Waals surface area (Å²) in [6, 6.07) is 1.90. The van der Waals surface area contributed by atoms with Crippen LogP contribution in [0.1, 0.15) is 24.2 Å². The monoisotopic (exact) mass is 193 g/mol. The molecule has 3 heteroatoms. The summed E-state index contributed by atoms with van der Waals surface area (Å²) in [6.07, 6.45) is 4.34. The number of aryl methyl sites for hydroxylation is 1. The third-order valence-electron chi connectivity index (χ3n) is 2.74. The molecule has 1 aromatic rings. The van der Waals surface area contributed by atoms with Gasteiger partial charge in [-0.1, -0.05) is 0 Å². The van der Waals surface area contributed by atoms with Crippen molar-refractivity contribution in [3.8, 4) is 0 Å². The second-order valence-electron chi connectivity index (χ2n) is 3.79. The van der Waals surface area contributed by atoms with Crippen LogP contribution in [0.5, 0.6) is 0 Å². The molecule has 0 N–H and O–H groups in total. The first-order valence-electron chi connectivity index (χ1n) is 5.08. The van der Waals surface area contributed by atoms with Crippen LogP contribution in [0.15, 0.2) is 16.7 Å². The molecule has 1 saturated heterocycles. The summed E-state index contributed by atoms with van der Waals surface area (Å²) < 4.78 is 5.25. The molecule has 1 aliphatic rings. The van der Waals surface area contributed by atoms with Gasteiger partial charge in [0.15, 0.2) is 0 Å². The molecule has 14 heavy (non-hydrogen) atoms. The second kappa shape index (κ2) is 3.86. The van der Waals surface area contributed by atoms with Crippen LogP contribution in [-0.4, -0.2) is 23.9 Å². The number of nitrogens with zero attached hydrogens (tertiary/aromatic N) is 1. The average molecular weight is 193 g/mol. The van der Waals surface area contributed by atoms with Crippen molar-refractivity contribution in [2.45, 2.75) is 26.2 Å². The second-order valence-corrected chi connectivity index (χ2v) is 3.79. The van der Waals surface area contributed by atoms with Crippen LogP contribution in [-0.2, 0) is 11.2 Å². The number of hydrogen-bond acceptors (Lipinski definition) is 2. The predicted octanol–water partition coefficient (Wildman–Crippen LogP) is 1.75. The Kier molecular flexibility index (Phi) is 2.57. The topological polar surface area (TPSA) is 33.5 Å². The van der Waals surface area contributed by atoms with Gasteiger partial charge in [0.05, 0.1) is 12.7 Å². The van der Waals surface area contributed by atoms with Gasteiger partial charge >= 0.3 is 0 Å². The molecule has 1 aliphatic heterocycles. The zero-order valence-corrected chi connectivity index (χ0v) is 8.45. The van der Waals surface area contributed by atoms with E-state index in [1.807, 2.05) is 17.9 Å². The van der Waals surface area contributed by atoms with Crippen LogP contribution in [0.25, 0.3) is 0 Å². The van der Waals surface area contributed by atoms with Gasteiger partial charge in [-0.25, -0.2) is 0 Å². The van der Waals surface area contributed by atoms with E-state index in [1.165, 1.54) is 0 Å². The number of amides is 1. The van der Waals surface area contributed by atoms with Gasteiger partial charge in [-0.3, -0.25) is 4.79 Å². The molecule has 1 amide bonds. The Morgan fingerprint density at radius 1 is 1.50 bits per heavy atom. The summed E-state index contributed by atoms with van der Waals surface area (Å²) in [5.74, 6) is 1.00. The molecular formula is C11H15NO2. The Bertz CT molecular complexity index is 324. The van der Waals surface area contributed by atoms with Crippen LogP contribution < -0.4 is 0 Å². The molecule has 3 nitrogen and oxygen atoms in total. The molecule has 1 aromatic heterocycles. The van der Waals surface area contributed by atoms with Crippen molar-refractivity contribution in [1.82, 2.24) is 4.90 Å². The van der Waals surface area contributed by atoms with E-state index in [1.54, 1.807) is 6.26 Å². The predicted molar refractivity (Wildman–Crippen MR) is 53.0 cm³/mol. The fraction of sp³-hybridized carbons (Fsp3) is 0.545. The lowest BCUT2D eigenvalue weighted by Crippen LogP contribution is -2.29. The highest BCUT2D eigenvalue weighted by Crippen LogP contribution is 2.13. The molecule has 0 aliphatic carbocycles.